The van der Waals surface area contributed by atoms with Crippen LogP contribution in [0, 0.1) is 6.92 Å². The summed E-state index contributed by atoms with van der Waals surface area (Å²) in [7, 11) is 3.11. The van der Waals surface area contributed by atoms with E-state index in [4.69, 9.17) is 20.2 Å². The van der Waals surface area contributed by atoms with Gasteiger partial charge in [0, 0.05) is 16.8 Å². The molecule has 0 aliphatic carbocycles. The van der Waals surface area contributed by atoms with E-state index in [1.54, 1.807) is 32.4 Å². The average molecular weight is 393 g/mol. The molecule has 2 aromatic carbocycles. The minimum Gasteiger partial charge on any atom is -0.497 e. The first-order valence-corrected chi connectivity index (χ1v) is 9.45. The van der Waals surface area contributed by atoms with Crippen molar-refractivity contribution in [3.8, 4) is 11.5 Å². The van der Waals surface area contributed by atoms with Gasteiger partial charge in [0.25, 0.3) is 5.91 Å². The monoisotopic (exact) mass is 393 g/mol. The summed E-state index contributed by atoms with van der Waals surface area (Å²) in [6.45, 7) is 2.01. The predicted molar refractivity (Wildman–Crippen MR) is 114 cm³/mol. The van der Waals surface area contributed by atoms with Crippen molar-refractivity contribution < 1.29 is 14.3 Å². The first-order valence-electron chi connectivity index (χ1n) is 8.63. The molecule has 0 aliphatic heterocycles. The fourth-order valence-corrected chi connectivity index (χ4v) is 4.11. The summed E-state index contributed by atoms with van der Waals surface area (Å²) in [4.78, 5) is 18.8. The van der Waals surface area contributed by atoms with Crippen LogP contribution in [0.4, 0.5) is 11.4 Å². The highest BCUT2D eigenvalue weighted by Crippen LogP contribution is 2.36. The summed E-state index contributed by atoms with van der Waals surface area (Å²) >= 11 is 1.28. The third-order valence-corrected chi connectivity index (χ3v) is 5.72. The van der Waals surface area contributed by atoms with Crippen LogP contribution < -0.4 is 20.5 Å². The zero-order valence-corrected chi connectivity index (χ0v) is 16.5. The van der Waals surface area contributed by atoms with E-state index >= 15 is 0 Å². The quantitative estimate of drug-likeness (QED) is 0.529. The van der Waals surface area contributed by atoms with Crippen LogP contribution in [0.1, 0.15) is 15.2 Å². The van der Waals surface area contributed by atoms with Gasteiger partial charge in [-0.1, -0.05) is 18.2 Å². The number of pyridine rings is 1. The molecule has 142 valence electrons. The molecule has 0 unspecified atom stereocenters. The minimum atomic E-state index is -0.312. The Balaban J connectivity index is 1.77. The molecule has 0 saturated carbocycles. The van der Waals surface area contributed by atoms with Gasteiger partial charge in [-0.2, -0.15) is 0 Å². The third-order valence-electron chi connectivity index (χ3n) is 4.61. The number of amides is 1. The second-order valence-electron chi connectivity index (χ2n) is 6.35. The SMILES string of the molecule is COc1ccc(OC)c(NC(=O)c2sc3nc4c(C)cccc4cc3c2N)c1. The van der Waals surface area contributed by atoms with Gasteiger partial charge < -0.3 is 20.5 Å². The van der Waals surface area contributed by atoms with Crippen molar-refractivity contribution in [2.24, 2.45) is 0 Å². The first-order chi connectivity index (χ1) is 13.5. The van der Waals surface area contributed by atoms with Gasteiger partial charge in [-0.25, -0.2) is 4.98 Å². The summed E-state index contributed by atoms with van der Waals surface area (Å²) in [5, 5.41) is 4.65. The number of ether oxygens (including phenoxy) is 2. The van der Waals surface area contributed by atoms with Gasteiger partial charge >= 0.3 is 0 Å². The Kier molecular flexibility index (Phi) is 4.52. The number of methoxy groups -OCH3 is 2. The number of nitrogens with zero attached hydrogens (tertiary/aromatic N) is 1. The molecule has 0 atom stereocenters. The molecule has 4 rings (SSSR count). The number of nitrogens with one attached hydrogen (secondary N) is 1. The van der Waals surface area contributed by atoms with Gasteiger partial charge in [0.15, 0.2) is 0 Å². The number of aryl methyl sites for hydroxylation is 1. The van der Waals surface area contributed by atoms with E-state index < -0.39 is 0 Å². The van der Waals surface area contributed by atoms with Crippen molar-refractivity contribution in [1.82, 2.24) is 4.98 Å². The predicted octanol–water partition coefficient (Wildman–Crippen LogP) is 4.61. The van der Waals surface area contributed by atoms with Crippen LogP contribution in [0.15, 0.2) is 42.5 Å². The number of carbonyl (C=O) groups is 1. The molecule has 0 saturated heterocycles. The lowest BCUT2D eigenvalue weighted by molar-refractivity contribution is 0.103. The number of nitrogens with two attached hydrogens (primary N) is 1. The number of benzene rings is 2. The Morgan fingerprint density at radius 3 is 2.71 bits per heavy atom. The Morgan fingerprint density at radius 2 is 1.96 bits per heavy atom. The van der Waals surface area contributed by atoms with Gasteiger partial charge in [0.1, 0.15) is 21.2 Å². The number of rotatable bonds is 4. The summed E-state index contributed by atoms with van der Waals surface area (Å²) in [6.07, 6.45) is 0. The van der Waals surface area contributed by atoms with Crippen molar-refractivity contribution in [3.63, 3.8) is 0 Å². The van der Waals surface area contributed by atoms with Crippen LogP contribution in [-0.4, -0.2) is 25.1 Å². The zero-order chi connectivity index (χ0) is 19.8. The first kappa shape index (κ1) is 18.1. The molecule has 1 amide bonds. The fourth-order valence-electron chi connectivity index (χ4n) is 3.13. The van der Waals surface area contributed by atoms with E-state index in [-0.39, 0.29) is 5.91 Å². The van der Waals surface area contributed by atoms with Gasteiger partial charge in [-0.3, -0.25) is 4.79 Å². The Bertz CT molecular complexity index is 1220. The number of aromatic nitrogens is 1. The highest BCUT2D eigenvalue weighted by molar-refractivity contribution is 7.21. The van der Waals surface area contributed by atoms with Crippen LogP contribution >= 0.6 is 11.3 Å². The number of thiophene rings is 1. The minimum absolute atomic E-state index is 0.312. The molecule has 2 heterocycles. The molecule has 0 radical (unpaired) electrons. The fraction of sp³-hybridized carbons (Fsp3) is 0.143. The maximum Gasteiger partial charge on any atom is 0.268 e. The summed E-state index contributed by atoms with van der Waals surface area (Å²) < 4.78 is 10.6. The van der Waals surface area contributed by atoms with Crippen molar-refractivity contribution in [3.05, 3.63) is 52.9 Å². The van der Waals surface area contributed by atoms with Gasteiger partial charge in [-0.15, -0.1) is 11.3 Å². The summed E-state index contributed by atoms with van der Waals surface area (Å²) in [5.41, 5.74) is 9.24. The molecule has 3 N–H and O–H groups in total. The number of para-hydroxylation sites is 1. The van der Waals surface area contributed by atoms with Crippen molar-refractivity contribution >= 4 is 49.7 Å². The molecule has 2 aromatic heterocycles. The van der Waals surface area contributed by atoms with E-state index in [0.717, 1.165) is 26.7 Å². The van der Waals surface area contributed by atoms with Crippen LogP contribution in [0.5, 0.6) is 11.5 Å². The van der Waals surface area contributed by atoms with Crippen molar-refractivity contribution in [2.45, 2.75) is 6.92 Å². The number of hydrogen-bond acceptors (Lipinski definition) is 6. The lowest BCUT2D eigenvalue weighted by Crippen LogP contribution is -2.12. The molecule has 0 spiro atoms. The molecular weight excluding hydrogens is 374 g/mol. The maximum absolute atomic E-state index is 12.9. The zero-order valence-electron chi connectivity index (χ0n) is 15.7. The Hall–Kier alpha value is -3.32. The smallest absolute Gasteiger partial charge is 0.268 e. The summed E-state index contributed by atoms with van der Waals surface area (Å²) in [6, 6.07) is 13.2. The highest BCUT2D eigenvalue weighted by Gasteiger charge is 2.19. The van der Waals surface area contributed by atoms with E-state index in [9.17, 15) is 4.79 Å². The standard InChI is InChI=1S/C21H19N3O3S/c1-11-5-4-6-12-9-14-17(22)19(28-21(14)24-18(11)12)20(25)23-15-10-13(26-2)7-8-16(15)27-3/h4-10H,22H2,1-3H3,(H,23,25). The van der Waals surface area contributed by atoms with E-state index in [1.165, 1.54) is 11.3 Å². The van der Waals surface area contributed by atoms with Gasteiger partial charge in [0.05, 0.1) is 31.1 Å². The second kappa shape index (κ2) is 7.01. The maximum atomic E-state index is 12.9. The number of nitrogen functional groups attached to an aromatic ring is 1. The van der Waals surface area contributed by atoms with Gasteiger partial charge in [0.2, 0.25) is 0 Å². The number of carbonyl (C=O) groups excluding carboxylic acids is 1. The van der Waals surface area contributed by atoms with E-state index in [2.05, 4.69) is 5.32 Å². The topological polar surface area (TPSA) is 86.5 Å². The van der Waals surface area contributed by atoms with E-state index in [1.807, 2.05) is 31.2 Å². The molecule has 0 bridgehead atoms. The lowest BCUT2D eigenvalue weighted by atomic mass is 10.1. The van der Waals surface area contributed by atoms with E-state index in [0.29, 0.717) is 27.8 Å². The third kappa shape index (κ3) is 2.99. The van der Waals surface area contributed by atoms with Crippen molar-refractivity contribution in [1.29, 1.82) is 0 Å². The number of hydrogen-bond donors (Lipinski definition) is 2. The van der Waals surface area contributed by atoms with Crippen LogP contribution in [0.25, 0.3) is 21.1 Å². The summed E-state index contributed by atoms with van der Waals surface area (Å²) in [5.74, 6) is 0.838. The average Bonchev–Trinajstić information content (AvgIpc) is 3.03. The largest absolute Gasteiger partial charge is 0.497 e. The van der Waals surface area contributed by atoms with Crippen LogP contribution in [0.2, 0.25) is 0 Å². The molecule has 6 nitrogen and oxygen atoms in total. The van der Waals surface area contributed by atoms with Gasteiger partial charge in [-0.05, 0) is 30.7 Å². The molecular formula is C21H19N3O3S. The lowest BCUT2D eigenvalue weighted by Gasteiger charge is -2.11. The molecule has 0 aliphatic rings. The van der Waals surface area contributed by atoms with Crippen LogP contribution in [0.3, 0.4) is 0 Å². The second-order valence-corrected chi connectivity index (χ2v) is 7.35. The Labute approximate surface area is 165 Å². The van der Waals surface area contributed by atoms with Crippen molar-refractivity contribution in [2.75, 3.05) is 25.3 Å². The molecule has 7 heteroatoms. The highest BCUT2D eigenvalue weighted by atomic mass is 32.1. The molecule has 0 fully saturated rings. The normalized spacial score (nSPS) is 11.0. The number of anilines is 2. The van der Waals surface area contributed by atoms with Crippen LogP contribution in [-0.2, 0) is 0 Å². The molecule has 28 heavy (non-hydrogen) atoms. The molecule has 4 aromatic rings. The Morgan fingerprint density at radius 1 is 1.14 bits per heavy atom. The number of fused-ring (bicyclic) bond motifs is 2.